The van der Waals surface area contributed by atoms with Crippen LogP contribution in [0.2, 0.25) is 0 Å². The molecule has 0 aliphatic carbocycles. The van der Waals surface area contributed by atoms with Crippen molar-refractivity contribution in [2.24, 2.45) is 7.05 Å². The number of hydrogen-bond donors (Lipinski definition) is 1. The molecule has 0 bridgehead atoms. The molecule has 0 fully saturated rings. The van der Waals surface area contributed by atoms with Crippen molar-refractivity contribution in [2.45, 2.75) is 0 Å². The Bertz CT molecular complexity index is 559. The van der Waals surface area contributed by atoms with E-state index in [1.165, 1.54) is 7.11 Å². The van der Waals surface area contributed by atoms with E-state index in [9.17, 15) is 5.11 Å². The van der Waals surface area contributed by atoms with Gasteiger partial charge in [0.1, 0.15) is 7.05 Å². The fourth-order valence-corrected chi connectivity index (χ4v) is 1.63. The summed E-state index contributed by atoms with van der Waals surface area (Å²) >= 11 is 0. The fraction of sp³-hybridized carbons (Fsp3) is 0.133. The summed E-state index contributed by atoms with van der Waals surface area (Å²) in [5, 5.41) is 9.66. The van der Waals surface area contributed by atoms with Gasteiger partial charge in [0.15, 0.2) is 23.9 Å². The van der Waals surface area contributed by atoms with E-state index in [1.54, 1.807) is 12.1 Å². The molecule has 18 heavy (non-hydrogen) atoms. The van der Waals surface area contributed by atoms with E-state index in [-0.39, 0.29) is 5.75 Å². The number of aromatic hydroxyl groups is 1. The Morgan fingerprint density at radius 2 is 1.72 bits per heavy atom. The minimum atomic E-state index is 0.152. The standard InChI is InChI=1S/C15H15NO2/c1-16-9-7-12(8-10-16)3-4-13-5-6-15(18-2)14(17)11-13/h3-11H,1-2H3/p+1/b4-3+. The Morgan fingerprint density at radius 1 is 1.06 bits per heavy atom. The molecule has 3 nitrogen and oxygen atoms in total. The van der Waals surface area contributed by atoms with E-state index in [1.807, 2.05) is 54.4 Å². The zero-order chi connectivity index (χ0) is 13.0. The Morgan fingerprint density at radius 3 is 2.33 bits per heavy atom. The number of methoxy groups -OCH3 is 1. The molecule has 92 valence electrons. The molecule has 0 radical (unpaired) electrons. The number of pyridine rings is 1. The third-order valence-corrected chi connectivity index (χ3v) is 2.68. The number of phenolic OH excluding ortho intramolecular Hbond substituents is 1. The zero-order valence-electron chi connectivity index (χ0n) is 10.5. The van der Waals surface area contributed by atoms with Crippen molar-refractivity contribution in [3.8, 4) is 11.5 Å². The molecule has 0 saturated heterocycles. The summed E-state index contributed by atoms with van der Waals surface area (Å²) in [4.78, 5) is 0. The zero-order valence-corrected chi connectivity index (χ0v) is 10.5. The first-order valence-corrected chi connectivity index (χ1v) is 5.69. The van der Waals surface area contributed by atoms with Crippen LogP contribution in [0, 0.1) is 0 Å². The van der Waals surface area contributed by atoms with Crippen molar-refractivity contribution in [3.63, 3.8) is 0 Å². The van der Waals surface area contributed by atoms with Crippen molar-refractivity contribution in [2.75, 3.05) is 7.11 Å². The Hall–Kier alpha value is -2.29. The second-order valence-corrected chi connectivity index (χ2v) is 4.06. The fourth-order valence-electron chi connectivity index (χ4n) is 1.63. The highest BCUT2D eigenvalue weighted by Crippen LogP contribution is 2.26. The molecule has 0 aliphatic heterocycles. The summed E-state index contributed by atoms with van der Waals surface area (Å²) in [7, 11) is 3.52. The molecule has 0 saturated carbocycles. The maximum atomic E-state index is 9.66. The predicted octanol–water partition coefficient (Wildman–Crippen LogP) is 2.40. The molecule has 0 spiro atoms. The van der Waals surface area contributed by atoms with Crippen LogP contribution in [-0.4, -0.2) is 12.2 Å². The molecule has 1 N–H and O–H groups in total. The van der Waals surface area contributed by atoms with Crippen LogP contribution < -0.4 is 9.30 Å². The molecule has 0 amide bonds. The normalized spacial score (nSPS) is 10.8. The van der Waals surface area contributed by atoms with E-state index >= 15 is 0 Å². The van der Waals surface area contributed by atoms with E-state index in [0.29, 0.717) is 5.75 Å². The summed E-state index contributed by atoms with van der Waals surface area (Å²) < 4.78 is 6.98. The maximum Gasteiger partial charge on any atom is 0.169 e. The Kier molecular flexibility index (Phi) is 3.63. The first kappa shape index (κ1) is 12.2. The summed E-state index contributed by atoms with van der Waals surface area (Å²) in [6.45, 7) is 0. The second-order valence-electron chi connectivity index (χ2n) is 4.06. The lowest BCUT2D eigenvalue weighted by molar-refractivity contribution is -0.671. The molecule has 2 aromatic rings. The van der Waals surface area contributed by atoms with Gasteiger partial charge in [0, 0.05) is 12.1 Å². The number of nitrogens with zero attached hydrogens (tertiary/aromatic N) is 1. The SMILES string of the molecule is COc1ccc(/C=C/c2cc[n+](C)cc2)cc1O. The number of rotatable bonds is 3. The summed E-state index contributed by atoms with van der Waals surface area (Å²) in [6.07, 6.45) is 7.94. The molecule has 0 aliphatic rings. The van der Waals surface area contributed by atoms with Crippen LogP contribution in [-0.2, 0) is 7.05 Å². The molecule has 3 heteroatoms. The van der Waals surface area contributed by atoms with Crippen LogP contribution >= 0.6 is 0 Å². The third-order valence-electron chi connectivity index (χ3n) is 2.68. The van der Waals surface area contributed by atoms with Gasteiger partial charge < -0.3 is 9.84 Å². The van der Waals surface area contributed by atoms with Crippen molar-refractivity contribution >= 4 is 12.2 Å². The lowest BCUT2D eigenvalue weighted by Gasteiger charge is -2.03. The van der Waals surface area contributed by atoms with Gasteiger partial charge in [0.25, 0.3) is 0 Å². The molecule has 1 heterocycles. The van der Waals surface area contributed by atoms with E-state index in [0.717, 1.165) is 11.1 Å². The highest BCUT2D eigenvalue weighted by Gasteiger charge is 2.00. The van der Waals surface area contributed by atoms with E-state index < -0.39 is 0 Å². The van der Waals surface area contributed by atoms with Gasteiger partial charge in [-0.15, -0.1) is 0 Å². The van der Waals surface area contributed by atoms with Gasteiger partial charge in [0.05, 0.1) is 7.11 Å². The van der Waals surface area contributed by atoms with Crippen LogP contribution in [0.3, 0.4) is 0 Å². The van der Waals surface area contributed by atoms with Gasteiger partial charge in [-0.3, -0.25) is 0 Å². The lowest BCUT2D eigenvalue weighted by Crippen LogP contribution is -2.25. The largest absolute Gasteiger partial charge is 0.504 e. The number of ether oxygens (including phenoxy) is 1. The smallest absolute Gasteiger partial charge is 0.169 e. The Labute approximate surface area is 107 Å². The topological polar surface area (TPSA) is 33.3 Å². The highest BCUT2D eigenvalue weighted by atomic mass is 16.5. The number of phenols is 1. The average Bonchev–Trinajstić information content (AvgIpc) is 2.38. The van der Waals surface area contributed by atoms with Crippen LogP contribution in [0.25, 0.3) is 12.2 Å². The molecule has 2 rings (SSSR count). The summed E-state index contributed by atoms with van der Waals surface area (Å²) in [5.74, 6) is 0.637. The minimum absolute atomic E-state index is 0.152. The number of aromatic nitrogens is 1. The van der Waals surface area contributed by atoms with Crippen LogP contribution in [0.5, 0.6) is 11.5 Å². The maximum absolute atomic E-state index is 9.66. The molecular weight excluding hydrogens is 226 g/mol. The van der Waals surface area contributed by atoms with Crippen molar-refractivity contribution in [1.29, 1.82) is 0 Å². The van der Waals surface area contributed by atoms with Crippen molar-refractivity contribution < 1.29 is 14.4 Å². The van der Waals surface area contributed by atoms with Crippen LogP contribution in [0.15, 0.2) is 42.7 Å². The number of hydrogen-bond acceptors (Lipinski definition) is 2. The second kappa shape index (κ2) is 5.36. The summed E-state index contributed by atoms with van der Waals surface area (Å²) in [6, 6.07) is 9.38. The monoisotopic (exact) mass is 242 g/mol. The van der Waals surface area contributed by atoms with Crippen LogP contribution in [0.1, 0.15) is 11.1 Å². The quantitative estimate of drug-likeness (QED) is 0.838. The van der Waals surface area contributed by atoms with Gasteiger partial charge in [-0.05, 0) is 23.3 Å². The van der Waals surface area contributed by atoms with Gasteiger partial charge in [-0.25, -0.2) is 4.57 Å². The van der Waals surface area contributed by atoms with E-state index in [2.05, 4.69) is 0 Å². The minimum Gasteiger partial charge on any atom is -0.504 e. The number of benzene rings is 1. The summed E-state index contributed by atoms with van der Waals surface area (Å²) in [5.41, 5.74) is 2.05. The van der Waals surface area contributed by atoms with Gasteiger partial charge in [-0.2, -0.15) is 0 Å². The van der Waals surface area contributed by atoms with Gasteiger partial charge >= 0.3 is 0 Å². The lowest BCUT2D eigenvalue weighted by atomic mass is 10.1. The van der Waals surface area contributed by atoms with Crippen molar-refractivity contribution in [3.05, 3.63) is 53.9 Å². The highest BCUT2D eigenvalue weighted by molar-refractivity contribution is 5.70. The molecular formula is C15H16NO2+. The number of aryl methyl sites for hydroxylation is 1. The molecule has 1 aromatic carbocycles. The van der Waals surface area contributed by atoms with Gasteiger partial charge in [0.2, 0.25) is 0 Å². The third kappa shape index (κ3) is 2.88. The van der Waals surface area contributed by atoms with Crippen molar-refractivity contribution in [1.82, 2.24) is 0 Å². The average molecular weight is 242 g/mol. The van der Waals surface area contributed by atoms with E-state index in [4.69, 9.17) is 4.74 Å². The molecule has 0 atom stereocenters. The molecule has 1 aromatic heterocycles. The first-order valence-electron chi connectivity index (χ1n) is 5.69. The van der Waals surface area contributed by atoms with Crippen LogP contribution in [0.4, 0.5) is 0 Å². The Balaban J connectivity index is 2.18. The predicted molar refractivity (Wildman–Crippen MR) is 71.2 cm³/mol. The van der Waals surface area contributed by atoms with Gasteiger partial charge in [-0.1, -0.05) is 18.2 Å². The first-order chi connectivity index (χ1) is 8.69. The molecule has 0 unspecified atom stereocenters.